The van der Waals surface area contributed by atoms with Crippen LogP contribution in [0.5, 0.6) is 5.75 Å². The van der Waals surface area contributed by atoms with Crippen LogP contribution in [0.4, 0.5) is 0 Å². The van der Waals surface area contributed by atoms with Crippen LogP contribution in [0.3, 0.4) is 0 Å². The Labute approximate surface area is 89.7 Å². The summed E-state index contributed by atoms with van der Waals surface area (Å²) in [4.78, 5) is 0. The van der Waals surface area contributed by atoms with Gasteiger partial charge in [0.1, 0.15) is 5.75 Å². The lowest BCUT2D eigenvalue weighted by molar-refractivity contribution is 0.319. The highest BCUT2D eigenvalue weighted by molar-refractivity contribution is 6.01. The molecule has 1 N–H and O–H groups in total. The van der Waals surface area contributed by atoms with E-state index in [-0.39, 0.29) is 0 Å². The molecule has 0 unspecified atom stereocenters. The minimum Gasteiger partial charge on any atom is -0.497 e. The first-order chi connectivity index (χ1) is 7.17. The van der Waals surface area contributed by atoms with Crippen LogP contribution in [0.2, 0.25) is 0 Å². The van der Waals surface area contributed by atoms with E-state index in [0.29, 0.717) is 5.71 Å². The van der Waals surface area contributed by atoms with Crippen LogP contribution in [0.1, 0.15) is 19.4 Å². The fourth-order valence-corrected chi connectivity index (χ4v) is 1.13. The average molecular weight is 205 g/mol. The van der Waals surface area contributed by atoms with E-state index in [1.165, 1.54) is 0 Å². The van der Waals surface area contributed by atoms with Crippen molar-refractivity contribution in [3.63, 3.8) is 0 Å². The molecule has 0 saturated carbocycles. The summed E-state index contributed by atoms with van der Waals surface area (Å²) in [6.07, 6.45) is 1.95. The Morgan fingerprint density at radius 2 is 1.87 bits per heavy atom. The van der Waals surface area contributed by atoms with Crippen LogP contribution in [0, 0.1) is 0 Å². The van der Waals surface area contributed by atoms with Gasteiger partial charge in [-0.25, -0.2) is 0 Å². The number of hydrogen-bond acceptors (Lipinski definition) is 3. The topological polar surface area (TPSA) is 41.8 Å². The Morgan fingerprint density at radius 1 is 1.27 bits per heavy atom. The maximum Gasteiger partial charge on any atom is 0.118 e. The van der Waals surface area contributed by atoms with E-state index >= 15 is 0 Å². The molecule has 80 valence electrons. The van der Waals surface area contributed by atoms with Crippen molar-refractivity contribution in [2.24, 2.45) is 5.16 Å². The van der Waals surface area contributed by atoms with E-state index in [2.05, 4.69) is 5.16 Å². The Morgan fingerprint density at radius 3 is 2.33 bits per heavy atom. The molecular formula is C12H15NO2. The second-order valence-electron chi connectivity index (χ2n) is 3.29. The Kier molecular flexibility index (Phi) is 3.92. The molecule has 1 rings (SSSR count). The molecule has 0 fully saturated rings. The van der Waals surface area contributed by atoms with Crippen molar-refractivity contribution in [2.45, 2.75) is 13.8 Å². The van der Waals surface area contributed by atoms with Crippen LogP contribution in [0.15, 0.2) is 35.0 Å². The summed E-state index contributed by atoms with van der Waals surface area (Å²) in [6.45, 7) is 3.66. The molecule has 0 bridgehead atoms. The van der Waals surface area contributed by atoms with Crippen LogP contribution < -0.4 is 4.74 Å². The van der Waals surface area contributed by atoms with Crippen molar-refractivity contribution >= 4 is 11.8 Å². The highest BCUT2D eigenvalue weighted by atomic mass is 16.5. The summed E-state index contributed by atoms with van der Waals surface area (Å²) in [5, 5.41) is 11.7. The van der Waals surface area contributed by atoms with Crippen molar-refractivity contribution in [3.05, 3.63) is 35.4 Å². The molecule has 0 aliphatic rings. The standard InChI is InChI=1S/C12H15NO2/c1-9(10(2)13-14)8-11-4-6-12(15-3)7-5-11/h4-8,14H,1-3H3/b9-8+,13-10+. The minimum atomic E-state index is 0.616. The summed E-state index contributed by atoms with van der Waals surface area (Å²) in [7, 11) is 1.64. The number of nitrogens with zero attached hydrogens (tertiary/aromatic N) is 1. The van der Waals surface area contributed by atoms with Gasteiger partial charge in [-0.2, -0.15) is 0 Å². The highest BCUT2D eigenvalue weighted by Crippen LogP contribution is 2.14. The Balaban J connectivity index is 2.89. The Bertz CT molecular complexity index is 377. The first-order valence-corrected chi connectivity index (χ1v) is 4.68. The number of benzene rings is 1. The zero-order valence-corrected chi connectivity index (χ0v) is 9.19. The molecule has 1 aromatic carbocycles. The number of methoxy groups -OCH3 is 1. The predicted octanol–water partition coefficient (Wildman–Crippen LogP) is 2.95. The fraction of sp³-hybridized carbons (Fsp3) is 0.250. The van der Waals surface area contributed by atoms with Gasteiger partial charge in [-0.15, -0.1) is 0 Å². The van der Waals surface area contributed by atoms with E-state index in [4.69, 9.17) is 9.94 Å². The van der Waals surface area contributed by atoms with Crippen molar-refractivity contribution < 1.29 is 9.94 Å². The first-order valence-electron chi connectivity index (χ1n) is 4.68. The van der Waals surface area contributed by atoms with Gasteiger partial charge in [0.2, 0.25) is 0 Å². The average Bonchev–Trinajstić information content (AvgIpc) is 2.29. The zero-order valence-electron chi connectivity index (χ0n) is 9.19. The quantitative estimate of drug-likeness (QED) is 0.468. The van der Waals surface area contributed by atoms with Gasteiger partial charge in [0.15, 0.2) is 0 Å². The third-order valence-corrected chi connectivity index (χ3v) is 2.22. The second-order valence-corrected chi connectivity index (χ2v) is 3.29. The summed E-state index contributed by atoms with van der Waals surface area (Å²) < 4.78 is 5.06. The maximum absolute atomic E-state index is 8.59. The molecule has 0 aliphatic heterocycles. The maximum atomic E-state index is 8.59. The Hall–Kier alpha value is -1.77. The molecule has 0 radical (unpaired) electrons. The van der Waals surface area contributed by atoms with Gasteiger partial charge in [0.05, 0.1) is 12.8 Å². The van der Waals surface area contributed by atoms with Crippen molar-refractivity contribution in [2.75, 3.05) is 7.11 Å². The molecule has 0 aliphatic carbocycles. The summed E-state index contributed by atoms with van der Waals surface area (Å²) in [5.74, 6) is 0.831. The van der Waals surface area contributed by atoms with Gasteiger partial charge in [-0.3, -0.25) is 0 Å². The molecule has 0 spiro atoms. The van der Waals surface area contributed by atoms with E-state index in [1.54, 1.807) is 14.0 Å². The first kappa shape index (κ1) is 11.3. The third kappa shape index (κ3) is 3.13. The van der Waals surface area contributed by atoms with Crippen LogP contribution in [-0.2, 0) is 0 Å². The lowest BCUT2D eigenvalue weighted by Gasteiger charge is -2.01. The molecule has 15 heavy (non-hydrogen) atoms. The third-order valence-electron chi connectivity index (χ3n) is 2.22. The summed E-state index contributed by atoms with van der Waals surface area (Å²) in [5.41, 5.74) is 2.60. The molecule has 1 aromatic rings. The smallest absolute Gasteiger partial charge is 0.118 e. The molecule has 0 heterocycles. The number of oxime groups is 1. The van der Waals surface area contributed by atoms with Crippen LogP contribution in [-0.4, -0.2) is 18.0 Å². The van der Waals surface area contributed by atoms with Crippen LogP contribution >= 0.6 is 0 Å². The van der Waals surface area contributed by atoms with Gasteiger partial charge in [-0.05, 0) is 37.1 Å². The molecular weight excluding hydrogens is 190 g/mol. The predicted molar refractivity (Wildman–Crippen MR) is 61.5 cm³/mol. The number of hydrogen-bond donors (Lipinski definition) is 1. The van der Waals surface area contributed by atoms with Crippen molar-refractivity contribution in [3.8, 4) is 5.75 Å². The lowest BCUT2D eigenvalue weighted by Crippen LogP contribution is -1.92. The number of allylic oxidation sites excluding steroid dienone is 1. The SMILES string of the molecule is COc1ccc(/C=C(C)/C(C)=N/O)cc1. The lowest BCUT2D eigenvalue weighted by atomic mass is 10.1. The van der Waals surface area contributed by atoms with Gasteiger partial charge in [0, 0.05) is 0 Å². The fourth-order valence-electron chi connectivity index (χ4n) is 1.13. The van der Waals surface area contributed by atoms with Crippen molar-refractivity contribution in [1.82, 2.24) is 0 Å². The summed E-state index contributed by atoms with van der Waals surface area (Å²) >= 11 is 0. The van der Waals surface area contributed by atoms with E-state index in [9.17, 15) is 0 Å². The molecule has 0 amide bonds. The zero-order chi connectivity index (χ0) is 11.3. The van der Waals surface area contributed by atoms with E-state index < -0.39 is 0 Å². The van der Waals surface area contributed by atoms with Gasteiger partial charge in [0.25, 0.3) is 0 Å². The molecule has 0 atom stereocenters. The van der Waals surface area contributed by atoms with E-state index in [1.807, 2.05) is 37.3 Å². The second kappa shape index (κ2) is 5.20. The number of rotatable bonds is 3. The molecule has 3 heteroatoms. The normalized spacial score (nSPS) is 12.7. The number of ether oxygens (including phenoxy) is 1. The minimum absolute atomic E-state index is 0.616. The van der Waals surface area contributed by atoms with Gasteiger partial charge in [-0.1, -0.05) is 23.4 Å². The summed E-state index contributed by atoms with van der Waals surface area (Å²) in [6, 6.07) is 7.69. The van der Waals surface area contributed by atoms with Crippen LogP contribution in [0.25, 0.3) is 6.08 Å². The van der Waals surface area contributed by atoms with Crippen molar-refractivity contribution in [1.29, 1.82) is 0 Å². The van der Waals surface area contributed by atoms with Gasteiger partial charge < -0.3 is 9.94 Å². The molecule has 0 aromatic heterocycles. The molecule has 0 saturated heterocycles. The van der Waals surface area contributed by atoms with Gasteiger partial charge >= 0.3 is 0 Å². The monoisotopic (exact) mass is 205 g/mol. The highest BCUT2D eigenvalue weighted by Gasteiger charge is 1.96. The van der Waals surface area contributed by atoms with E-state index in [0.717, 1.165) is 16.9 Å². The molecule has 3 nitrogen and oxygen atoms in total. The largest absolute Gasteiger partial charge is 0.497 e.